The Labute approximate surface area is 91.9 Å². The SMILES string of the molecule is CCOC(=O)c1ccc2cc(F)ccc2n1. The summed E-state index contributed by atoms with van der Waals surface area (Å²) in [7, 11) is 0. The quantitative estimate of drug-likeness (QED) is 0.728. The second-order valence-electron chi connectivity index (χ2n) is 3.25. The van der Waals surface area contributed by atoms with Crippen molar-refractivity contribution in [1.82, 2.24) is 4.98 Å². The third-order valence-electron chi connectivity index (χ3n) is 2.14. The third-order valence-corrected chi connectivity index (χ3v) is 2.14. The van der Waals surface area contributed by atoms with E-state index >= 15 is 0 Å². The summed E-state index contributed by atoms with van der Waals surface area (Å²) in [6.45, 7) is 2.04. The highest BCUT2D eigenvalue weighted by Crippen LogP contribution is 2.14. The van der Waals surface area contributed by atoms with Crippen LogP contribution in [-0.4, -0.2) is 17.6 Å². The molecule has 0 unspecified atom stereocenters. The standard InChI is InChI=1S/C12H10FNO2/c1-2-16-12(15)11-5-3-8-7-9(13)4-6-10(8)14-11/h3-7H,2H2,1H3. The summed E-state index contributed by atoms with van der Waals surface area (Å²) in [4.78, 5) is 15.5. The van der Waals surface area contributed by atoms with E-state index in [-0.39, 0.29) is 11.5 Å². The number of esters is 1. The van der Waals surface area contributed by atoms with Gasteiger partial charge in [-0.1, -0.05) is 6.07 Å². The topological polar surface area (TPSA) is 39.2 Å². The number of pyridine rings is 1. The van der Waals surface area contributed by atoms with Crippen molar-refractivity contribution in [3.05, 3.63) is 41.8 Å². The fraction of sp³-hybridized carbons (Fsp3) is 0.167. The largest absolute Gasteiger partial charge is 0.461 e. The predicted octanol–water partition coefficient (Wildman–Crippen LogP) is 2.55. The summed E-state index contributed by atoms with van der Waals surface area (Å²) in [5.74, 6) is -0.785. The van der Waals surface area contributed by atoms with Crippen molar-refractivity contribution in [3.8, 4) is 0 Å². The first-order chi connectivity index (χ1) is 7.70. The molecule has 4 heteroatoms. The zero-order chi connectivity index (χ0) is 11.5. The van der Waals surface area contributed by atoms with E-state index in [1.807, 2.05) is 0 Å². The molecule has 0 atom stereocenters. The first-order valence-corrected chi connectivity index (χ1v) is 4.94. The van der Waals surface area contributed by atoms with Gasteiger partial charge in [0.15, 0.2) is 0 Å². The molecular weight excluding hydrogens is 209 g/mol. The first-order valence-electron chi connectivity index (χ1n) is 4.94. The summed E-state index contributed by atoms with van der Waals surface area (Å²) < 4.78 is 17.7. The third kappa shape index (κ3) is 2.00. The lowest BCUT2D eigenvalue weighted by molar-refractivity contribution is 0.0520. The Morgan fingerprint density at radius 2 is 2.19 bits per heavy atom. The molecule has 3 nitrogen and oxygen atoms in total. The van der Waals surface area contributed by atoms with Gasteiger partial charge < -0.3 is 4.74 Å². The second kappa shape index (κ2) is 4.26. The number of ether oxygens (including phenoxy) is 1. The molecule has 0 saturated carbocycles. The minimum absolute atomic E-state index is 0.237. The minimum Gasteiger partial charge on any atom is -0.461 e. The molecule has 0 bridgehead atoms. The van der Waals surface area contributed by atoms with Crippen LogP contribution in [0.15, 0.2) is 30.3 Å². The highest BCUT2D eigenvalue weighted by Gasteiger charge is 2.08. The van der Waals surface area contributed by atoms with Gasteiger partial charge in [-0.15, -0.1) is 0 Å². The number of carbonyl (C=O) groups is 1. The number of carbonyl (C=O) groups excluding carboxylic acids is 1. The van der Waals surface area contributed by atoms with Gasteiger partial charge in [0.05, 0.1) is 12.1 Å². The lowest BCUT2D eigenvalue weighted by Crippen LogP contribution is -2.06. The molecule has 1 aromatic carbocycles. The Kier molecular flexibility index (Phi) is 2.81. The molecule has 1 heterocycles. The highest BCUT2D eigenvalue weighted by molar-refractivity contribution is 5.90. The maximum absolute atomic E-state index is 12.9. The van der Waals surface area contributed by atoms with Gasteiger partial charge in [-0.3, -0.25) is 0 Å². The van der Waals surface area contributed by atoms with Crippen molar-refractivity contribution >= 4 is 16.9 Å². The van der Waals surface area contributed by atoms with Gasteiger partial charge in [-0.05, 0) is 31.2 Å². The van der Waals surface area contributed by atoms with E-state index in [1.54, 1.807) is 13.0 Å². The maximum Gasteiger partial charge on any atom is 0.356 e. The highest BCUT2D eigenvalue weighted by atomic mass is 19.1. The van der Waals surface area contributed by atoms with Crippen molar-refractivity contribution < 1.29 is 13.9 Å². The van der Waals surface area contributed by atoms with Gasteiger partial charge in [0, 0.05) is 5.39 Å². The van der Waals surface area contributed by atoms with E-state index in [9.17, 15) is 9.18 Å². The Bertz CT molecular complexity index is 540. The number of nitrogens with zero attached hydrogens (tertiary/aromatic N) is 1. The van der Waals surface area contributed by atoms with Crippen molar-refractivity contribution in [2.45, 2.75) is 6.92 Å². The molecule has 0 N–H and O–H groups in total. The smallest absolute Gasteiger partial charge is 0.356 e. The lowest BCUT2D eigenvalue weighted by atomic mass is 10.2. The van der Waals surface area contributed by atoms with Crippen molar-refractivity contribution in [2.24, 2.45) is 0 Å². The molecule has 0 aliphatic heterocycles. The number of fused-ring (bicyclic) bond motifs is 1. The summed E-state index contributed by atoms with van der Waals surface area (Å²) in [5.41, 5.74) is 0.813. The van der Waals surface area contributed by atoms with Gasteiger partial charge in [0.25, 0.3) is 0 Å². The average Bonchev–Trinajstić information content (AvgIpc) is 2.28. The van der Waals surface area contributed by atoms with Crippen LogP contribution in [0.5, 0.6) is 0 Å². The second-order valence-corrected chi connectivity index (χ2v) is 3.25. The Balaban J connectivity index is 2.44. The number of benzene rings is 1. The van der Waals surface area contributed by atoms with Crippen LogP contribution in [0.2, 0.25) is 0 Å². The van der Waals surface area contributed by atoms with E-state index in [4.69, 9.17) is 4.74 Å². The maximum atomic E-state index is 12.9. The molecular formula is C12H10FNO2. The van der Waals surface area contributed by atoms with Gasteiger partial charge in [-0.25, -0.2) is 14.2 Å². The van der Waals surface area contributed by atoms with Crippen LogP contribution in [0, 0.1) is 5.82 Å². The van der Waals surface area contributed by atoms with Crippen LogP contribution in [0.1, 0.15) is 17.4 Å². The molecule has 0 radical (unpaired) electrons. The lowest BCUT2D eigenvalue weighted by Gasteiger charge is -2.02. The fourth-order valence-corrected chi connectivity index (χ4v) is 1.42. The Hall–Kier alpha value is -1.97. The summed E-state index contributed by atoms with van der Waals surface area (Å²) in [6.07, 6.45) is 0. The van der Waals surface area contributed by atoms with Crippen molar-refractivity contribution in [2.75, 3.05) is 6.61 Å². The molecule has 0 fully saturated rings. The van der Waals surface area contributed by atoms with Crippen LogP contribution in [0.25, 0.3) is 10.9 Å². The minimum atomic E-state index is -0.464. The summed E-state index contributed by atoms with van der Waals surface area (Å²) in [6, 6.07) is 7.40. The van der Waals surface area contributed by atoms with Crippen LogP contribution in [0.3, 0.4) is 0 Å². The Morgan fingerprint density at radius 1 is 1.38 bits per heavy atom. The number of rotatable bonds is 2. The average molecular weight is 219 g/mol. The molecule has 16 heavy (non-hydrogen) atoms. The van der Waals surface area contributed by atoms with Crippen LogP contribution < -0.4 is 0 Å². The molecule has 0 aliphatic carbocycles. The molecule has 0 amide bonds. The molecule has 0 aliphatic rings. The summed E-state index contributed by atoms with van der Waals surface area (Å²) in [5, 5.41) is 0.660. The molecule has 2 aromatic rings. The molecule has 1 aromatic heterocycles. The molecule has 2 rings (SSSR count). The van der Waals surface area contributed by atoms with E-state index in [0.717, 1.165) is 0 Å². The zero-order valence-electron chi connectivity index (χ0n) is 8.74. The normalized spacial score (nSPS) is 10.4. The van der Waals surface area contributed by atoms with Crippen LogP contribution >= 0.6 is 0 Å². The molecule has 0 saturated heterocycles. The fourth-order valence-electron chi connectivity index (χ4n) is 1.42. The predicted molar refractivity (Wildman–Crippen MR) is 57.7 cm³/mol. The van der Waals surface area contributed by atoms with Gasteiger partial charge in [-0.2, -0.15) is 0 Å². The Morgan fingerprint density at radius 3 is 2.94 bits per heavy atom. The van der Waals surface area contributed by atoms with Gasteiger partial charge in [0.1, 0.15) is 11.5 Å². The molecule has 0 spiro atoms. The van der Waals surface area contributed by atoms with Crippen molar-refractivity contribution in [1.29, 1.82) is 0 Å². The van der Waals surface area contributed by atoms with Crippen molar-refractivity contribution in [3.63, 3.8) is 0 Å². The molecule has 82 valence electrons. The van der Waals surface area contributed by atoms with E-state index in [1.165, 1.54) is 24.3 Å². The number of hydrogen-bond donors (Lipinski definition) is 0. The monoisotopic (exact) mass is 219 g/mol. The first kappa shape index (κ1) is 10.5. The van der Waals surface area contributed by atoms with Gasteiger partial charge in [0.2, 0.25) is 0 Å². The van der Waals surface area contributed by atoms with E-state index < -0.39 is 5.97 Å². The zero-order valence-corrected chi connectivity index (χ0v) is 8.74. The number of hydrogen-bond acceptors (Lipinski definition) is 3. The van der Waals surface area contributed by atoms with Gasteiger partial charge >= 0.3 is 5.97 Å². The van der Waals surface area contributed by atoms with Crippen LogP contribution in [0.4, 0.5) is 4.39 Å². The summed E-state index contributed by atoms with van der Waals surface area (Å²) >= 11 is 0. The number of halogens is 1. The number of aromatic nitrogens is 1. The van der Waals surface area contributed by atoms with E-state index in [0.29, 0.717) is 17.5 Å². The van der Waals surface area contributed by atoms with E-state index in [2.05, 4.69) is 4.98 Å². The van der Waals surface area contributed by atoms with Crippen LogP contribution in [-0.2, 0) is 4.74 Å².